The number of carboxylic acids is 2. The van der Waals surface area contributed by atoms with Gasteiger partial charge in [-0.15, -0.1) is 0 Å². The molecule has 27 heteroatoms. The van der Waals surface area contributed by atoms with E-state index in [0.29, 0.717) is 18.4 Å². The molecule has 0 aliphatic rings. The normalized spacial score (nSPS) is 14.6. The third-order valence-corrected chi connectivity index (χ3v) is 12.0. The van der Waals surface area contributed by atoms with Gasteiger partial charge >= 0.3 is 11.9 Å². The molecule has 78 heavy (non-hydrogen) atoms. The second-order valence-corrected chi connectivity index (χ2v) is 20.4. The monoisotopic (exact) mass is 1100 g/mol. The second kappa shape index (κ2) is 35.8. The zero-order valence-electron chi connectivity index (χ0n) is 46.0. The Bertz CT molecular complexity index is 2190. The highest BCUT2D eigenvalue weighted by molar-refractivity contribution is 5.98. The van der Waals surface area contributed by atoms with Gasteiger partial charge in [0.1, 0.15) is 42.3 Å². The molecule has 0 spiro atoms. The molecule has 9 amide bonds. The van der Waals surface area contributed by atoms with Gasteiger partial charge in [-0.3, -0.25) is 52.9 Å². The van der Waals surface area contributed by atoms with Gasteiger partial charge in [0.2, 0.25) is 53.2 Å². The minimum atomic E-state index is -1.66. The lowest BCUT2D eigenvalue weighted by molar-refractivity contribution is -0.143. The Kier molecular flexibility index (Phi) is 31.5. The van der Waals surface area contributed by atoms with Crippen molar-refractivity contribution in [2.45, 2.75) is 162 Å². The number of guanidine groups is 1. The number of benzene rings is 1. The number of carbonyl (C=O) groups excluding carboxylic acids is 9. The topological polar surface area (TPSA) is 447 Å². The van der Waals surface area contributed by atoms with Crippen molar-refractivity contribution in [1.29, 1.82) is 0 Å². The lowest BCUT2D eigenvalue weighted by Gasteiger charge is -2.27. The number of aliphatic imine (C=N–C) groups is 1. The van der Waals surface area contributed by atoms with Gasteiger partial charge in [-0.25, -0.2) is 4.79 Å². The van der Waals surface area contributed by atoms with Crippen LogP contribution < -0.4 is 65.1 Å². The first-order valence-corrected chi connectivity index (χ1v) is 26.1. The number of carboxylic acid groups (broad SMARTS) is 2. The molecule has 0 saturated heterocycles. The van der Waals surface area contributed by atoms with Gasteiger partial charge in [-0.05, 0) is 67.8 Å². The molecule has 9 atom stereocenters. The molecule has 0 heterocycles. The third kappa shape index (κ3) is 27.6. The summed E-state index contributed by atoms with van der Waals surface area (Å²) in [6.07, 6.45) is -0.376. The highest BCUT2D eigenvalue weighted by Gasteiger charge is 2.34. The summed E-state index contributed by atoms with van der Waals surface area (Å²) >= 11 is 0. The Labute approximate surface area is 455 Å². The summed E-state index contributed by atoms with van der Waals surface area (Å²) in [4.78, 5) is 149. The molecule has 0 radical (unpaired) electrons. The number of aliphatic hydroxyl groups excluding tert-OH is 1. The smallest absolute Gasteiger partial charge is 0.326 e. The van der Waals surface area contributed by atoms with Crippen LogP contribution in [0.2, 0.25) is 0 Å². The number of nitrogens with zero attached hydrogens (tertiary/aromatic N) is 1. The van der Waals surface area contributed by atoms with E-state index < -0.39 is 152 Å². The predicted molar refractivity (Wildman–Crippen MR) is 287 cm³/mol. The van der Waals surface area contributed by atoms with Gasteiger partial charge in [-0.2, -0.15) is 0 Å². The molecular weight excluding hydrogens is 1020 g/mol. The first kappa shape index (κ1) is 68.6. The molecule has 27 nitrogen and oxygen atoms in total. The lowest BCUT2D eigenvalue weighted by atomic mass is 9.99. The number of nitrogens with two attached hydrogens (primary N) is 3. The quantitative estimate of drug-likeness (QED) is 0.0184. The number of hydrogen-bond acceptors (Lipinski definition) is 14. The number of carbonyl (C=O) groups is 11. The number of hydrogen-bond donors (Lipinski definition) is 15. The Morgan fingerprint density at radius 1 is 0.551 bits per heavy atom. The number of nitrogens with one attached hydrogen (secondary N) is 9. The minimum Gasteiger partial charge on any atom is -0.481 e. The fourth-order valence-corrected chi connectivity index (χ4v) is 7.69. The number of rotatable bonds is 37. The summed E-state index contributed by atoms with van der Waals surface area (Å²) in [5, 5.41) is 51.4. The van der Waals surface area contributed by atoms with Crippen molar-refractivity contribution in [3.63, 3.8) is 0 Å². The molecule has 1 aromatic rings. The first-order valence-electron chi connectivity index (χ1n) is 26.1. The number of aliphatic hydroxyl groups is 1. The standard InChI is InChI=1S/C51H85N13O14/c1-9-30(8)42(50(77)78)64-40(67)25-57-45(72)38(26-65)63-48(75)36(22-29(6)7)61-47(74)34(17-18-41(68)69)59-49(76)37(23-31-14-11-10-12-15-31)62-46(73)33(16-13-19-55-51(53)54)58-39(66)24-56-44(71)35(21-28(4)5)60-43(70)32(52)20-27(2)3/h10-12,14-15,27-30,32-38,42,65H,9,13,16-26,52H2,1-8H3,(H,56,71)(H,57,72)(H,58,66)(H,59,76)(H,60,70)(H,61,74)(H,62,73)(H,63,75)(H,64,67)(H,68,69)(H,77,78)(H4,53,54,55)/t30-,32-,33-,34-,35-,36-,37-,38-,42-/m0/s1. The maximum absolute atomic E-state index is 14.3. The van der Waals surface area contributed by atoms with E-state index in [4.69, 9.17) is 17.2 Å². The van der Waals surface area contributed by atoms with E-state index in [1.165, 1.54) is 0 Å². The van der Waals surface area contributed by atoms with Crippen LogP contribution in [0.3, 0.4) is 0 Å². The molecule has 438 valence electrons. The van der Waals surface area contributed by atoms with Crippen LogP contribution in [0.4, 0.5) is 0 Å². The van der Waals surface area contributed by atoms with Crippen molar-refractivity contribution in [2.75, 3.05) is 26.2 Å². The van der Waals surface area contributed by atoms with Crippen molar-refractivity contribution in [1.82, 2.24) is 47.9 Å². The second-order valence-electron chi connectivity index (χ2n) is 20.4. The van der Waals surface area contributed by atoms with Crippen LogP contribution in [0.1, 0.15) is 112 Å². The van der Waals surface area contributed by atoms with E-state index in [2.05, 4.69) is 52.8 Å². The molecule has 0 fully saturated rings. The third-order valence-electron chi connectivity index (χ3n) is 12.0. The van der Waals surface area contributed by atoms with Crippen LogP contribution in [-0.4, -0.2) is 161 Å². The van der Waals surface area contributed by atoms with E-state index in [-0.39, 0.29) is 62.4 Å². The van der Waals surface area contributed by atoms with Gasteiger partial charge in [0, 0.05) is 19.4 Å². The first-order chi connectivity index (χ1) is 36.6. The van der Waals surface area contributed by atoms with E-state index in [1.54, 1.807) is 58.0 Å². The summed E-state index contributed by atoms with van der Waals surface area (Å²) in [6.45, 7) is 11.9. The Morgan fingerprint density at radius 3 is 1.50 bits per heavy atom. The van der Waals surface area contributed by atoms with Crippen LogP contribution in [0.15, 0.2) is 35.3 Å². The maximum atomic E-state index is 14.3. The van der Waals surface area contributed by atoms with Crippen molar-refractivity contribution < 1.29 is 68.1 Å². The average molecular weight is 1100 g/mol. The molecule has 1 rings (SSSR count). The van der Waals surface area contributed by atoms with E-state index in [0.717, 1.165) is 0 Å². The fourth-order valence-electron chi connectivity index (χ4n) is 7.69. The predicted octanol–water partition coefficient (Wildman–Crippen LogP) is -2.64. The van der Waals surface area contributed by atoms with Gasteiger partial charge in [0.05, 0.1) is 25.7 Å². The molecule has 0 unspecified atom stereocenters. The SMILES string of the molecule is CC[C@H](C)[C@H](NC(=O)CNC(=O)[C@H](CO)NC(=O)[C@H](CC(C)C)NC(=O)[C@H](CCC(=O)O)NC(=O)[C@H](Cc1ccccc1)NC(=O)[C@H](CCCN=C(N)N)NC(=O)CNC(=O)[C@H](CC(C)C)NC(=O)[C@@H](N)CC(C)C)C(=O)O. The summed E-state index contributed by atoms with van der Waals surface area (Å²) in [7, 11) is 0. The molecule has 0 aliphatic carbocycles. The number of amides is 9. The van der Waals surface area contributed by atoms with Crippen molar-refractivity contribution in [3.05, 3.63) is 35.9 Å². The van der Waals surface area contributed by atoms with Crippen LogP contribution in [0.25, 0.3) is 0 Å². The Morgan fingerprint density at radius 2 is 1.00 bits per heavy atom. The molecule has 0 aliphatic heterocycles. The fraction of sp³-hybridized carbons (Fsp3) is 0.647. The Balaban J connectivity index is 3.46. The zero-order chi connectivity index (χ0) is 59.2. The van der Waals surface area contributed by atoms with Crippen LogP contribution in [0, 0.1) is 23.7 Å². The van der Waals surface area contributed by atoms with E-state index >= 15 is 0 Å². The van der Waals surface area contributed by atoms with Gasteiger partial charge < -0.3 is 80.4 Å². The molecule has 1 aromatic carbocycles. The van der Waals surface area contributed by atoms with Crippen molar-refractivity contribution in [2.24, 2.45) is 45.9 Å². The summed E-state index contributed by atoms with van der Waals surface area (Å²) < 4.78 is 0. The van der Waals surface area contributed by atoms with Crippen molar-refractivity contribution in [3.8, 4) is 0 Å². The lowest BCUT2D eigenvalue weighted by Crippen LogP contribution is -2.60. The minimum absolute atomic E-state index is 0.0279. The largest absolute Gasteiger partial charge is 0.481 e. The van der Waals surface area contributed by atoms with Crippen LogP contribution >= 0.6 is 0 Å². The molecule has 0 bridgehead atoms. The van der Waals surface area contributed by atoms with Crippen LogP contribution in [0.5, 0.6) is 0 Å². The summed E-state index contributed by atoms with van der Waals surface area (Å²) in [6, 6.07) is -2.45. The summed E-state index contributed by atoms with van der Waals surface area (Å²) in [5.41, 5.74) is 17.5. The average Bonchev–Trinajstić information content (AvgIpc) is 3.36. The highest BCUT2D eigenvalue weighted by atomic mass is 16.4. The molecular formula is C51H85N13O14. The van der Waals surface area contributed by atoms with Crippen LogP contribution in [-0.2, 0) is 59.2 Å². The zero-order valence-corrected chi connectivity index (χ0v) is 46.0. The van der Waals surface area contributed by atoms with Crippen molar-refractivity contribution >= 4 is 71.1 Å². The van der Waals surface area contributed by atoms with E-state index in [9.17, 15) is 68.1 Å². The Hall–Kier alpha value is -7.42. The highest BCUT2D eigenvalue weighted by Crippen LogP contribution is 2.12. The summed E-state index contributed by atoms with van der Waals surface area (Å²) in [5.74, 6) is -11.4. The number of aliphatic carboxylic acids is 2. The molecule has 0 aromatic heterocycles. The van der Waals surface area contributed by atoms with Gasteiger partial charge in [-0.1, -0.05) is 92.1 Å². The van der Waals surface area contributed by atoms with Gasteiger partial charge in [0.15, 0.2) is 5.96 Å². The molecule has 18 N–H and O–H groups in total. The maximum Gasteiger partial charge on any atom is 0.326 e. The van der Waals surface area contributed by atoms with E-state index in [1.807, 2.05) is 27.7 Å². The molecule has 0 saturated carbocycles. The van der Waals surface area contributed by atoms with Gasteiger partial charge in [0.25, 0.3) is 0 Å².